The monoisotopic (exact) mass is 203 g/mol. The summed E-state index contributed by atoms with van der Waals surface area (Å²) in [5.74, 6) is 1.01. The molecule has 1 saturated carbocycles. The molecule has 0 aliphatic heterocycles. The summed E-state index contributed by atoms with van der Waals surface area (Å²) in [4.78, 5) is 15.9. The Morgan fingerprint density at radius 2 is 2.27 bits per heavy atom. The molecule has 1 fully saturated rings. The van der Waals surface area contributed by atoms with E-state index in [1.807, 2.05) is 25.3 Å². The van der Waals surface area contributed by atoms with Gasteiger partial charge >= 0.3 is 0 Å². The lowest BCUT2D eigenvalue weighted by Crippen LogP contribution is -2.17. The Labute approximate surface area is 90.7 Å². The zero-order chi connectivity index (χ0) is 10.7. The zero-order valence-corrected chi connectivity index (χ0v) is 9.20. The molecule has 2 heteroatoms. The zero-order valence-electron chi connectivity index (χ0n) is 9.20. The number of aromatic nitrogens is 1. The van der Waals surface area contributed by atoms with E-state index in [-0.39, 0.29) is 0 Å². The molecule has 80 valence electrons. The van der Waals surface area contributed by atoms with E-state index in [2.05, 4.69) is 4.98 Å². The summed E-state index contributed by atoms with van der Waals surface area (Å²) >= 11 is 0. The molecule has 0 bridgehead atoms. The fraction of sp³-hybridized carbons (Fsp3) is 0.538. The van der Waals surface area contributed by atoms with Crippen LogP contribution in [0.15, 0.2) is 18.3 Å². The van der Waals surface area contributed by atoms with Crippen LogP contribution in [0.3, 0.4) is 0 Å². The van der Waals surface area contributed by atoms with Gasteiger partial charge in [-0.1, -0.05) is 25.3 Å². The van der Waals surface area contributed by atoms with Crippen LogP contribution < -0.4 is 0 Å². The maximum absolute atomic E-state index is 11.7. The van der Waals surface area contributed by atoms with Crippen molar-refractivity contribution in [1.82, 2.24) is 4.98 Å². The molecule has 0 radical (unpaired) electrons. The van der Waals surface area contributed by atoms with E-state index < -0.39 is 0 Å². The van der Waals surface area contributed by atoms with Crippen LogP contribution in [0.25, 0.3) is 0 Å². The first-order valence-corrected chi connectivity index (χ1v) is 5.67. The number of aryl methyl sites for hydroxylation is 1. The standard InChI is InChI=1S/C13H17NO/c1-10-5-6-12(14-9-10)8-13(15)7-11-3-2-4-11/h5-6,9,11H,2-4,7-8H2,1H3. The molecule has 0 N–H and O–H groups in total. The predicted octanol–water partition coefficient (Wildman–Crippen LogP) is 2.69. The molecule has 2 rings (SSSR count). The Kier molecular flexibility index (Phi) is 3.14. The number of hydrogen-bond acceptors (Lipinski definition) is 2. The molecule has 1 heterocycles. The predicted molar refractivity (Wildman–Crippen MR) is 59.6 cm³/mol. The SMILES string of the molecule is Cc1ccc(CC(=O)CC2CCC2)nc1. The van der Waals surface area contributed by atoms with Gasteiger partial charge in [0.05, 0.1) is 0 Å². The average molecular weight is 203 g/mol. The lowest BCUT2D eigenvalue weighted by atomic mass is 9.81. The van der Waals surface area contributed by atoms with E-state index in [9.17, 15) is 4.79 Å². The van der Waals surface area contributed by atoms with Crippen molar-refractivity contribution in [2.24, 2.45) is 5.92 Å². The fourth-order valence-corrected chi connectivity index (χ4v) is 1.90. The van der Waals surface area contributed by atoms with Gasteiger partial charge in [-0.3, -0.25) is 9.78 Å². The second kappa shape index (κ2) is 4.56. The average Bonchev–Trinajstić information content (AvgIpc) is 2.16. The second-order valence-corrected chi connectivity index (χ2v) is 4.54. The molecule has 0 unspecified atom stereocenters. The summed E-state index contributed by atoms with van der Waals surface area (Å²) in [7, 11) is 0. The van der Waals surface area contributed by atoms with Crippen molar-refractivity contribution in [3.05, 3.63) is 29.6 Å². The largest absolute Gasteiger partial charge is 0.299 e. The van der Waals surface area contributed by atoms with E-state index in [1.54, 1.807) is 0 Å². The Balaban J connectivity index is 1.84. The van der Waals surface area contributed by atoms with Crippen LogP contribution in [0.4, 0.5) is 0 Å². The molecule has 1 aliphatic rings. The molecular weight excluding hydrogens is 186 g/mol. The minimum Gasteiger partial charge on any atom is -0.299 e. The third kappa shape index (κ3) is 2.88. The Morgan fingerprint density at radius 3 is 2.80 bits per heavy atom. The van der Waals surface area contributed by atoms with Crippen molar-refractivity contribution in [3.63, 3.8) is 0 Å². The number of carbonyl (C=O) groups is 1. The third-order valence-electron chi connectivity index (χ3n) is 3.09. The maximum Gasteiger partial charge on any atom is 0.139 e. The van der Waals surface area contributed by atoms with Crippen LogP contribution in [0.2, 0.25) is 0 Å². The van der Waals surface area contributed by atoms with Crippen molar-refractivity contribution in [2.75, 3.05) is 0 Å². The molecular formula is C13H17NO. The van der Waals surface area contributed by atoms with Crippen LogP contribution in [-0.2, 0) is 11.2 Å². The molecule has 0 spiro atoms. The van der Waals surface area contributed by atoms with Gasteiger partial charge in [0, 0.05) is 24.7 Å². The molecule has 1 aromatic heterocycles. The Bertz CT molecular complexity index is 338. The van der Waals surface area contributed by atoms with Crippen molar-refractivity contribution >= 4 is 5.78 Å². The highest BCUT2D eigenvalue weighted by atomic mass is 16.1. The van der Waals surface area contributed by atoms with E-state index in [1.165, 1.54) is 19.3 Å². The van der Waals surface area contributed by atoms with Gasteiger partial charge in [0.1, 0.15) is 5.78 Å². The summed E-state index contributed by atoms with van der Waals surface area (Å²) in [6.07, 6.45) is 6.89. The lowest BCUT2D eigenvalue weighted by molar-refractivity contribution is -0.119. The van der Waals surface area contributed by atoms with Crippen molar-refractivity contribution in [1.29, 1.82) is 0 Å². The van der Waals surface area contributed by atoms with Gasteiger partial charge in [-0.2, -0.15) is 0 Å². The molecule has 0 amide bonds. The minimum absolute atomic E-state index is 0.344. The van der Waals surface area contributed by atoms with Crippen LogP contribution >= 0.6 is 0 Å². The smallest absolute Gasteiger partial charge is 0.139 e. The summed E-state index contributed by atoms with van der Waals surface area (Å²) in [6.45, 7) is 2.01. The van der Waals surface area contributed by atoms with Crippen LogP contribution in [0, 0.1) is 12.8 Å². The summed E-state index contributed by atoms with van der Waals surface area (Å²) < 4.78 is 0. The highest BCUT2D eigenvalue weighted by Gasteiger charge is 2.20. The Morgan fingerprint density at radius 1 is 1.47 bits per heavy atom. The lowest BCUT2D eigenvalue weighted by Gasteiger charge is -2.24. The fourth-order valence-electron chi connectivity index (χ4n) is 1.90. The third-order valence-corrected chi connectivity index (χ3v) is 3.09. The quantitative estimate of drug-likeness (QED) is 0.753. The molecule has 1 aromatic rings. The van der Waals surface area contributed by atoms with Crippen molar-refractivity contribution in [2.45, 2.75) is 39.0 Å². The number of Topliss-reactive ketones (excluding diaryl/α,β-unsaturated/α-hetero) is 1. The topological polar surface area (TPSA) is 30.0 Å². The van der Waals surface area contributed by atoms with Crippen LogP contribution in [0.5, 0.6) is 0 Å². The van der Waals surface area contributed by atoms with E-state index in [4.69, 9.17) is 0 Å². The molecule has 1 aliphatic carbocycles. The van der Waals surface area contributed by atoms with Gasteiger partial charge in [-0.05, 0) is 24.5 Å². The number of pyridine rings is 1. The van der Waals surface area contributed by atoms with E-state index >= 15 is 0 Å². The van der Waals surface area contributed by atoms with E-state index in [0.717, 1.165) is 17.7 Å². The maximum atomic E-state index is 11.7. The van der Waals surface area contributed by atoms with E-state index in [0.29, 0.717) is 18.1 Å². The molecule has 2 nitrogen and oxygen atoms in total. The molecule has 0 aromatic carbocycles. The van der Waals surface area contributed by atoms with Gasteiger partial charge in [-0.25, -0.2) is 0 Å². The summed E-state index contributed by atoms with van der Waals surface area (Å²) in [6, 6.07) is 3.97. The number of hydrogen-bond donors (Lipinski definition) is 0. The van der Waals surface area contributed by atoms with Crippen LogP contribution in [-0.4, -0.2) is 10.8 Å². The first kappa shape index (κ1) is 10.3. The number of rotatable bonds is 4. The van der Waals surface area contributed by atoms with Gasteiger partial charge in [-0.15, -0.1) is 0 Å². The number of ketones is 1. The molecule has 0 saturated heterocycles. The number of carbonyl (C=O) groups excluding carboxylic acids is 1. The van der Waals surface area contributed by atoms with Gasteiger partial charge in [0.2, 0.25) is 0 Å². The summed E-state index contributed by atoms with van der Waals surface area (Å²) in [5, 5.41) is 0. The molecule has 0 atom stereocenters. The van der Waals surface area contributed by atoms with Gasteiger partial charge in [0.15, 0.2) is 0 Å². The first-order valence-electron chi connectivity index (χ1n) is 5.67. The van der Waals surface area contributed by atoms with Gasteiger partial charge < -0.3 is 0 Å². The minimum atomic E-state index is 0.344. The molecule has 15 heavy (non-hydrogen) atoms. The Hall–Kier alpha value is -1.18. The highest BCUT2D eigenvalue weighted by molar-refractivity contribution is 5.80. The normalized spacial score (nSPS) is 16.1. The van der Waals surface area contributed by atoms with Crippen molar-refractivity contribution in [3.8, 4) is 0 Å². The number of nitrogens with zero attached hydrogens (tertiary/aromatic N) is 1. The van der Waals surface area contributed by atoms with Crippen LogP contribution in [0.1, 0.15) is 36.9 Å². The second-order valence-electron chi connectivity index (χ2n) is 4.54. The van der Waals surface area contributed by atoms with Crippen molar-refractivity contribution < 1.29 is 4.79 Å². The first-order chi connectivity index (χ1) is 7.24. The highest BCUT2D eigenvalue weighted by Crippen LogP contribution is 2.29. The van der Waals surface area contributed by atoms with Gasteiger partial charge in [0.25, 0.3) is 0 Å². The summed E-state index contributed by atoms with van der Waals surface area (Å²) in [5.41, 5.74) is 2.05.